The molecule has 0 spiro atoms. The number of nitrogens with one attached hydrogen (secondary N) is 1. The van der Waals surface area contributed by atoms with Crippen molar-refractivity contribution in [3.8, 4) is 11.8 Å². The minimum atomic E-state index is -0.931. The van der Waals surface area contributed by atoms with Crippen LogP contribution in [0.1, 0.15) is 63.1 Å². The van der Waals surface area contributed by atoms with E-state index in [0.717, 1.165) is 22.2 Å². The average molecular weight is 480 g/mol. The molecule has 182 valence electrons. The van der Waals surface area contributed by atoms with Crippen LogP contribution >= 0.6 is 0 Å². The predicted octanol–water partition coefficient (Wildman–Crippen LogP) is 5.93. The summed E-state index contributed by atoms with van der Waals surface area (Å²) in [4.78, 5) is 16.3. The first kappa shape index (κ1) is 24.3. The largest absolute Gasteiger partial charge is 0.481 e. The van der Waals surface area contributed by atoms with Gasteiger partial charge in [-0.15, -0.1) is 0 Å². The number of carboxylic acids is 1. The van der Waals surface area contributed by atoms with Gasteiger partial charge in [0.25, 0.3) is 0 Å². The number of alkyl halides is 1. The van der Waals surface area contributed by atoms with E-state index < -0.39 is 18.1 Å². The van der Waals surface area contributed by atoms with E-state index in [9.17, 15) is 23.9 Å². The smallest absolute Gasteiger partial charge is 0.303 e. The number of fused-ring (bicyclic) bond motifs is 2. The first-order valence-electron chi connectivity index (χ1n) is 11.6. The quantitative estimate of drug-likeness (QED) is 0.293. The number of H-pyrrole nitrogens is 1. The lowest BCUT2D eigenvalue weighted by atomic mass is 9.78. The molecular formula is C26H27F2N5O2. The Labute approximate surface area is 201 Å². The maximum absolute atomic E-state index is 13.8. The van der Waals surface area contributed by atoms with Crippen molar-refractivity contribution < 1.29 is 18.7 Å². The molecule has 0 saturated carbocycles. The molecule has 0 unspecified atom stereocenters. The molecule has 35 heavy (non-hydrogen) atoms. The Kier molecular flexibility index (Phi) is 6.83. The molecule has 0 radical (unpaired) electrons. The topological polar surface area (TPSA) is 108 Å². The van der Waals surface area contributed by atoms with Gasteiger partial charge < -0.3 is 9.67 Å². The molecule has 0 fully saturated rings. The van der Waals surface area contributed by atoms with Crippen molar-refractivity contribution in [3.63, 3.8) is 0 Å². The summed E-state index contributed by atoms with van der Waals surface area (Å²) in [6.07, 6.45) is 2.78. The second-order valence-electron chi connectivity index (χ2n) is 9.42. The van der Waals surface area contributed by atoms with Crippen LogP contribution in [0.15, 0.2) is 36.5 Å². The summed E-state index contributed by atoms with van der Waals surface area (Å²) in [6, 6.07) is 10.3. The Morgan fingerprint density at radius 1 is 1.29 bits per heavy atom. The summed E-state index contributed by atoms with van der Waals surface area (Å²) < 4.78 is 29.1. The summed E-state index contributed by atoms with van der Waals surface area (Å²) in [7, 11) is 0. The average Bonchev–Trinajstić information content (AvgIpc) is 3.40. The molecule has 9 heteroatoms. The maximum Gasteiger partial charge on any atom is 0.303 e. The van der Waals surface area contributed by atoms with Crippen molar-refractivity contribution in [2.24, 2.45) is 0 Å². The van der Waals surface area contributed by atoms with Crippen molar-refractivity contribution in [1.29, 1.82) is 5.26 Å². The molecule has 3 aromatic heterocycles. The normalized spacial score (nSPS) is 12.8. The zero-order valence-electron chi connectivity index (χ0n) is 19.7. The summed E-state index contributed by atoms with van der Waals surface area (Å²) in [6.45, 7) is 3.38. The third-order valence-electron chi connectivity index (χ3n) is 6.43. The lowest BCUT2D eigenvalue weighted by molar-refractivity contribution is -0.137. The van der Waals surface area contributed by atoms with E-state index in [-0.39, 0.29) is 31.0 Å². The van der Waals surface area contributed by atoms with Crippen LogP contribution in [0.25, 0.3) is 27.8 Å². The van der Waals surface area contributed by atoms with Gasteiger partial charge in [-0.25, -0.2) is 9.37 Å². The molecule has 0 saturated heterocycles. The minimum absolute atomic E-state index is 0.0788. The van der Waals surface area contributed by atoms with Crippen LogP contribution in [0.3, 0.4) is 0 Å². The molecular weight excluding hydrogens is 452 g/mol. The molecule has 1 aromatic carbocycles. The maximum atomic E-state index is 13.8. The van der Waals surface area contributed by atoms with E-state index in [2.05, 4.69) is 16.3 Å². The summed E-state index contributed by atoms with van der Waals surface area (Å²) in [5.41, 5.74) is 3.57. The number of hydrogen-bond donors (Lipinski definition) is 2. The molecule has 0 bridgehead atoms. The highest BCUT2D eigenvalue weighted by atomic mass is 19.1. The highest BCUT2D eigenvalue weighted by Gasteiger charge is 2.35. The predicted molar refractivity (Wildman–Crippen MR) is 129 cm³/mol. The van der Waals surface area contributed by atoms with Gasteiger partial charge in [-0.05, 0) is 55.5 Å². The Hall–Kier alpha value is -3.80. The molecule has 2 N–H and O–H groups in total. The first-order chi connectivity index (χ1) is 16.8. The van der Waals surface area contributed by atoms with Gasteiger partial charge in [0, 0.05) is 40.6 Å². The highest BCUT2D eigenvalue weighted by Crippen LogP contribution is 2.44. The molecule has 0 amide bonds. The molecule has 0 aliphatic heterocycles. The number of carbonyl (C=O) groups is 1. The van der Waals surface area contributed by atoms with Crippen molar-refractivity contribution in [2.75, 3.05) is 6.67 Å². The number of rotatable bonds is 10. The van der Waals surface area contributed by atoms with Gasteiger partial charge in [0.2, 0.25) is 0 Å². The summed E-state index contributed by atoms with van der Waals surface area (Å²) in [5.74, 6) is -1.60. The van der Waals surface area contributed by atoms with E-state index in [1.54, 1.807) is 18.3 Å². The molecule has 0 aliphatic carbocycles. The third kappa shape index (κ3) is 4.74. The van der Waals surface area contributed by atoms with Gasteiger partial charge in [0.15, 0.2) is 5.65 Å². The second kappa shape index (κ2) is 9.82. The number of aromatic amines is 1. The Bertz CT molecular complexity index is 1400. The summed E-state index contributed by atoms with van der Waals surface area (Å²) in [5, 5.41) is 26.8. The molecule has 0 aliphatic rings. The van der Waals surface area contributed by atoms with Crippen LogP contribution in [0.5, 0.6) is 0 Å². The van der Waals surface area contributed by atoms with Crippen LogP contribution in [-0.4, -0.2) is 37.5 Å². The van der Waals surface area contributed by atoms with E-state index in [1.165, 1.54) is 12.1 Å². The number of pyridine rings is 1. The zero-order chi connectivity index (χ0) is 25.2. The zero-order valence-corrected chi connectivity index (χ0v) is 19.7. The fraction of sp³-hybridized carbons (Fsp3) is 0.385. The number of aliphatic carboxylic acids is 1. The Balaban J connectivity index is 2.11. The van der Waals surface area contributed by atoms with Crippen LogP contribution in [0.2, 0.25) is 0 Å². The lowest BCUT2D eigenvalue weighted by Gasteiger charge is -2.29. The number of nitriles is 1. The first-order valence-corrected chi connectivity index (χ1v) is 11.6. The van der Waals surface area contributed by atoms with E-state index in [4.69, 9.17) is 4.98 Å². The monoisotopic (exact) mass is 479 g/mol. The van der Waals surface area contributed by atoms with E-state index in [1.807, 2.05) is 24.5 Å². The lowest BCUT2D eigenvalue weighted by Crippen LogP contribution is -2.24. The molecule has 1 atom stereocenters. The fourth-order valence-corrected chi connectivity index (χ4v) is 4.84. The van der Waals surface area contributed by atoms with Crippen molar-refractivity contribution in [1.82, 2.24) is 19.7 Å². The van der Waals surface area contributed by atoms with E-state index in [0.29, 0.717) is 29.7 Å². The molecule has 7 nitrogen and oxygen atoms in total. The van der Waals surface area contributed by atoms with Crippen molar-refractivity contribution in [2.45, 2.75) is 57.3 Å². The number of nitrogens with zero attached hydrogens (tertiary/aromatic N) is 4. The molecule has 4 aromatic rings. The number of aromatic nitrogens is 4. The summed E-state index contributed by atoms with van der Waals surface area (Å²) >= 11 is 0. The van der Waals surface area contributed by atoms with Gasteiger partial charge in [-0.3, -0.25) is 14.3 Å². The van der Waals surface area contributed by atoms with Gasteiger partial charge in [0.05, 0.1) is 30.0 Å². The van der Waals surface area contributed by atoms with E-state index >= 15 is 0 Å². The highest BCUT2D eigenvalue weighted by molar-refractivity contribution is 5.94. The molecule has 4 rings (SSSR count). The van der Waals surface area contributed by atoms with Gasteiger partial charge in [-0.1, -0.05) is 13.8 Å². The fourth-order valence-electron chi connectivity index (χ4n) is 4.84. The van der Waals surface area contributed by atoms with Crippen LogP contribution in [-0.2, 0) is 10.2 Å². The van der Waals surface area contributed by atoms with Crippen LogP contribution in [0, 0.1) is 17.1 Å². The number of benzene rings is 1. The molecule has 3 heterocycles. The number of carboxylic acid groups (broad SMARTS) is 1. The van der Waals surface area contributed by atoms with Crippen LogP contribution < -0.4 is 0 Å². The van der Waals surface area contributed by atoms with Crippen LogP contribution in [0.4, 0.5) is 8.78 Å². The van der Waals surface area contributed by atoms with Gasteiger partial charge in [0.1, 0.15) is 5.82 Å². The Morgan fingerprint density at radius 3 is 2.69 bits per heavy atom. The standard InChI is InChI=1S/C26H27F2N5O2/c1-26(2,11-13-29)24-22(16(4-3-12-27)5-10-21(34)35)23-20(14-17-15-30-32-25(17)31-23)33(24)19-8-6-18(28)7-9-19/h6-9,14-16H,3-5,10-12H2,1-2H3,(H,34,35)(H,30,31,32)/t16-/m1/s1. The minimum Gasteiger partial charge on any atom is -0.481 e. The van der Waals surface area contributed by atoms with Gasteiger partial charge in [-0.2, -0.15) is 10.4 Å². The third-order valence-corrected chi connectivity index (χ3v) is 6.43. The van der Waals surface area contributed by atoms with Crippen molar-refractivity contribution in [3.05, 3.63) is 53.6 Å². The number of hydrogen-bond acceptors (Lipinski definition) is 4. The SMILES string of the molecule is CC(C)(CC#N)c1c([C@H](CCCF)CCC(=O)O)c2nc3[nH]ncc3cc2n1-c1ccc(F)cc1. The second-order valence-corrected chi connectivity index (χ2v) is 9.42. The van der Waals surface area contributed by atoms with Gasteiger partial charge >= 0.3 is 5.97 Å². The number of halogens is 2. The Morgan fingerprint density at radius 2 is 2.03 bits per heavy atom. The van der Waals surface area contributed by atoms with Crippen molar-refractivity contribution >= 4 is 28.0 Å².